The van der Waals surface area contributed by atoms with Crippen molar-refractivity contribution in [2.45, 2.75) is 12.8 Å². The molecule has 0 amide bonds. The maximum atomic E-state index is 4.32. The summed E-state index contributed by atoms with van der Waals surface area (Å²) in [5.41, 5.74) is 2.04. The third-order valence-electron chi connectivity index (χ3n) is 1.73. The van der Waals surface area contributed by atoms with Crippen molar-refractivity contribution in [3.05, 3.63) is 24.3 Å². The molecular weight excluding hydrogens is 138 g/mol. The molecule has 0 fully saturated rings. The fourth-order valence-corrected chi connectivity index (χ4v) is 1.20. The van der Waals surface area contributed by atoms with E-state index in [1.54, 1.807) is 18.6 Å². The van der Waals surface area contributed by atoms with E-state index in [1.165, 1.54) is 0 Å². The van der Waals surface area contributed by atoms with Crippen molar-refractivity contribution in [1.82, 2.24) is 9.97 Å². The minimum atomic E-state index is 0.935. The minimum Gasteiger partial charge on any atom is -0.287 e. The smallest absolute Gasteiger partial charge is 0.102 e. The fourth-order valence-electron chi connectivity index (χ4n) is 1.20. The highest BCUT2D eigenvalue weighted by molar-refractivity contribution is 5.99. The van der Waals surface area contributed by atoms with Gasteiger partial charge in [0.25, 0.3) is 0 Å². The Morgan fingerprint density at radius 3 is 2.91 bits per heavy atom. The molecule has 1 aliphatic rings. The van der Waals surface area contributed by atoms with Gasteiger partial charge < -0.3 is 0 Å². The van der Waals surface area contributed by atoms with Crippen LogP contribution in [-0.2, 0) is 0 Å². The van der Waals surface area contributed by atoms with E-state index in [-0.39, 0.29) is 0 Å². The summed E-state index contributed by atoms with van der Waals surface area (Å²) >= 11 is 0. The number of nitrogens with zero attached hydrogens (tertiary/aromatic N) is 3. The van der Waals surface area contributed by atoms with Crippen molar-refractivity contribution in [2.75, 3.05) is 6.54 Å². The molecule has 0 saturated carbocycles. The van der Waals surface area contributed by atoms with Gasteiger partial charge in [-0.2, -0.15) is 0 Å². The van der Waals surface area contributed by atoms with Gasteiger partial charge in [0, 0.05) is 18.9 Å². The number of aliphatic imine (C=N–C) groups is 1. The Morgan fingerprint density at radius 1 is 1.27 bits per heavy atom. The first-order valence-electron chi connectivity index (χ1n) is 3.76. The first kappa shape index (κ1) is 6.46. The van der Waals surface area contributed by atoms with Crippen LogP contribution >= 0.6 is 0 Å². The van der Waals surface area contributed by atoms with E-state index >= 15 is 0 Å². The maximum Gasteiger partial charge on any atom is 0.102 e. The average molecular weight is 147 g/mol. The number of hydrogen-bond acceptors (Lipinski definition) is 3. The Balaban J connectivity index is 2.29. The molecular formula is C8H9N3. The molecule has 11 heavy (non-hydrogen) atoms. The summed E-state index contributed by atoms with van der Waals surface area (Å²) < 4.78 is 0. The Hall–Kier alpha value is -1.25. The highest BCUT2D eigenvalue weighted by atomic mass is 14.8. The molecule has 0 aromatic carbocycles. The third-order valence-corrected chi connectivity index (χ3v) is 1.73. The average Bonchev–Trinajstić information content (AvgIpc) is 2.58. The zero-order valence-corrected chi connectivity index (χ0v) is 6.20. The van der Waals surface area contributed by atoms with E-state index in [4.69, 9.17) is 0 Å². The van der Waals surface area contributed by atoms with Crippen molar-refractivity contribution in [1.29, 1.82) is 0 Å². The van der Waals surface area contributed by atoms with Crippen molar-refractivity contribution in [3.63, 3.8) is 0 Å². The first-order valence-corrected chi connectivity index (χ1v) is 3.76. The Labute approximate surface area is 65.2 Å². The molecule has 0 spiro atoms. The quantitative estimate of drug-likeness (QED) is 0.595. The molecule has 0 aliphatic carbocycles. The van der Waals surface area contributed by atoms with Crippen LogP contribution < -0.4 is 0 Å². The summed E-state index contributed by atoms with van der Waals surface area (Å²) in [5.74, 6) is 0. The van der Waals surface area contributed by atoms with Crippen LogP contribution in [0.2, 0.25) is 0 Å². The molecule has 0 atom stereocenters. The molecule has 0 radical (unpaired) electrons. The fraction of sp³-hybridized carbons (Fsp3) is 0.375. The molecule has 3 nitrogen and oxygen atoms in total. The van der Waals surface area contributed by atoms with Gasteiger partial charge in [0.15, 0.2) is 0 Å². The predicted molar refractivity (Wildman–Crippen MR) is 42.7 cm³/mol. The lowest BCUT2D eigenvalue weighted by Gasteiger charge is -1.95. The summed E-state index contributed by atoms with van der Waals surface area (Å²) in [4.78, 5) is 12.5. The van der Waals surface area contributed by atoms with Crippen LogP contribution in [0, 0.1) is 0 Å². The highest BCUT2D eigenvalue weighted by Crippen LogP contribution is 2.08. The summed E-state index contributed by atoms with van der Waals surface area (Å²) in [5, 5.41) is 0. The molecule has 2 heterocycles. The van der Waals surface area contributed by atoms with Crippen molar-refractivity contribution >= 4 is 5.71 Å². The van der Waals surface area contributed by atoms with Gasteiger partial charge in [0.05, 0.1) is 11.9 Å². The zero-order valence-electron chi connectivity index (χ0n) is 6.20. The lowest BCUT2D eigenvalue weighted by atomic mass is 10.2. The van der Waals surface area contributed by atoms with Crippen molar-refractivity contribution in [3.8, 4) is 0 Å². The molecule has 3 heteroatoms. The van der Waals surface area contributed by atoms with E-state index in [2.05, 4.69) is 15.0 Å². The summed E-state index contributed by atoms with van der Waals surface area (Å²) in [6, 6.07) is 0. The predicted octanol–water partition coefficient (Wildman–Crippen LogP) is 1.06. The molecule has 0 N–H and O–H groups in total. The van der Waals surface area contributed by atoms with Gasteiger partial charge in [0.1, 0.15) is 5.69 Å². The van der Waals surface area contributed by atoms with Crippen LogP contribution in [0.15, 0.2) is 23.6 Å². The molecule has 1 aromatic heterocycles. The lowest BCUT2D eigenvalue weighted by molar-refractivity contribution is 0.950. The Bertz CT molecular complexity index is 266. The van der Waals surface area contributed by atoms with Crippen LogP contribution in [0.5, 0.6) is 0 Å². The number of hydrogen-bond donors (Lipinski definition) is 0. The maximum absolute atomic E-state index is 4.32. The van der Waals surface area contributed by atoms with E-state index < -0.39 is 0 Å². The largest absolute Gasteiger partial charge is 0.287 e. The van der Waals surface area contributed by atoms with Gasteiger partial charge in [-0.15, -0.1) is 0 Å². The first-order chi connectivity index (χ1) is 5.47. The van der Waals surface area contributed by atoms with Gasteiger partial charge >= 0.3 is 0 Å². The summed E-state index contributed by atoms with van der Waals surface area (Å²) in [7, 11) is 0. The van der Waals surface area contributed by atoms with E-state index in [0.29, 0.717) is 0 Å². The van der Waals surface area contributed by atoms with E-state index in [0.717, 1.165) is 30.8 Å². The minimum absolute atomic E-state index is 0.935. The topological polar surface area (TPSA) is 38.1 Å². The number of rotatable bonds is 1. The zero-order chi connectivity index (χ0) is 7.52. The normalized spacial score (nSPS) is 16.5. The van der Waals surface area contributed by atoms with Crippen LogP contribution in [0.4, 0.5) is 0 Å². The second-order valence-electron chi connectivity index (χ2n) is 2.52. The van der Waals surface area contributed by atoms with Crippen molar-refractivity contribution in [2.24, 2.45) is 4.99 Å². The van der Waals surface area contributed by atoms with Gasteiger partial charge in [-0.05, 0) is 12.8 Å². The van der Waals surface area contributed by atoms with Crippen LogP contribution in [0.25, 0.3) is 0 Å². The van der Waals surface area contributed by atoms with E-state index in [1.807, 2.05) is 0 Å². The summed E-state index contributed by atoms with van der Waals surface area (Å²) in [6.45, 7) is 0.950. The Kier molecular flexibility index (Phi) is 1.63. The van der Waals surface area contributed by atoms with E-state index in [9.17, 15) is 0 Å². The van der Waals surface area contributed by atoms with Gasteiger partial charge in [0.2, 0.25) is 0 Å². The van der Waals surface area contributed by atoms with Gasteiger partial charge in [-0.1, -0.05) is 0 Å². The monoisotopic (exact) mass is 147 g/mol. The SMILES string of the molecule is c1cnc(C2=NCCC2)cn1. The Morgan fingerprint density at radius 2 is 2.27 bits per heavy atom. The summed E-state index contributed by atoms with van der Waals surface area (Å²) in [6.07, 6.45) is 7.37. The second-order valence-corrected chi connectivity index (χ2v) is 2.52. The van der Waals surface area contributed by atoms with Crippen LogP contribution in [0.3, 0.4) is 0 Å². The van der Waals surface area contributed by atoms with Gasteiger partial charge in [-0.25, -0.2) is 0 Å². The molecule has 56 valence electrons. The molecule has 0 saturated heterocycles. The molecule has 0 unspecified atom stereocenters. The molecule has 1 aromatic rings. The molecule has 2 rings (SSSR count). The standard InChI is InChI=1S/C8H9N3/c1-2-7(10-3-1)8-6-9-4-5-11-8/h4-6H,1-3H2. The molecule has 1 aliphatic heterocycles. The van der Waals surface area contributed by atoms with Crippen LogP contribution in [-0.4, -0.2) is 22.2 Å². The third kappa shape index (κ3) is 1.27. The van der Waals surface area contributed by atoms with Gasteiger partial charge in [-0.3, -0.25) is 15.0 Å². The molecule has 0 bridgehead atoms. The highest BCUT2D eigenvalue weighted by Gasteiger charge is 2.08. The van der Waals surface area contributed by atoms with Crippen molar-refractivity contribution < 1.29 is 0 Å². The lowest BCUT2D eigenvalue weighted by Crippen LogP contribution is -1.99. The second kappa shape index (κ2) is 2.78. The van der Waals surface area contributed by atoms with Crippen LogP contribution in [0.1, 0.15) is 18.5 Å². The number of aromatic nitrogens is 2.